The number of amides is 1. The Bertz CT molecular complexity index is 1340. The van der Waals surface area contributed by atoms with Crippen LogP contribution in [-0.4, -0.2) is 36.4 Å². The summed E-state index contributed by atoms with van der Waals surface area (Å²) in [6, 6.07) is 17.9. The van der Waals surface area contributed by atoms with Crippen LogP contribution in [0.1, 0.15) is 22.4 Å². The van der Waals surface area contributed by atoms with Gasteiger partial charge in [-0.1, -0.05) is 48.2 Å². The molecule has 0 spiro atoms. The summed E-state index contributed by atoms with van der Waals surface area (Å²) in [6.45, 7) is 4.10. The normalized spacial score (nSPS) is 10.7. The number of hydrogen-bond acceptors (Lipinski definition) is 6. The third-order valence-electron chi connectivity index (χ3n) is 5.16. The van der Waals surface area contributed by atoms with Crippen LogP contribution in [0.3, 0.4) is 0 Å². The van der Waals surface area contributed by atoms with Crippen LogP contribution >= 0.6 is 11.8 Å². The molecule has 4 rings (SSSR count). The van der Waals surface area contributed by atoms with Crippen LogP contribution in [-0.2, 0) is 11.3 Å². The zero-order valence-electron chi connectivity index (χ0n) is 18.0. The van der Waals surface area contributed by atoms with E-state index in [1.54, 1.807) is 28.3 Å². The SMILES string of the molecule is Cc1c(C#N)c(NC(=O)CSc2nnnn2Cc2ccccc2)n(-c2cccc(F)c2)c1C. The van der Waals surface area contributed by atoms with Crippen molar-refractivity contribution in [2.24, 2.45) is 0 Å². The fourth-order valence-corrected chi connectivity index (χ4v) is 4.13. The Labute approximate surface area is 194 Å². The molecule has 0 aliphatic carbocycles. The van der Waals surface area contributed by atoms with Crippen LogP contribution < -0.4 is 5.32 Å². The van der Waals surface area contributed by atoms with Gasteiger partial charge in [-0.15, -0.1) is 5.10 Å². The average molecular weight is 462 g/mol. The second kappa shape index (κ2) is 9.67. The third kappa shape index (κ3) is 4.78. The monoisotopic (exact) mass is 461 g/mol. The minimum absolute atomic E-state index is 0.0342. The van der Waals surface area contributed by atoms with Crippen molar-refractivity contribution >= 4 is 23.5 Å². The van der Waals surface area contributed by atoms with Gasteiger partial charge in [0.05, 0.1) is 23.5 Å². The molecule has 1 N–H and O–H groups in total. The number of halogens is 1. The molecule has 4 aromatic rings. The molecule has 0 radical (unpaired) electrons. The van der Waals surface area contributed by atoms with E-state index in [0.717, 1.165) is 16.8 Å². The lowest BCUT2D eigenvalue weighted by atomic mass is 10.2. The third-order valence-corrected chi connectivity index (χ3v) is 6.11. The number of benzene rings is 2. The average Bonchev–Trinajstić information content (AvgIpc) is 3.34. The molecular weight excluding hydrogens is 441 g/mol. The lowest BCUT2D eigenvalue weighted by Gasteiger charge is -2.13. The molecule has 0 bridgehead atoms. The predicted molar refractivity (Wildman–Crippen MR) is 123 cm³/mol. The van der Waals surface area contributed by atoms with Gasteiger partial charge >= 0.3 is 0 Å². The Morgan fingerprint density at radius 1 is 1.18 bits per heavy atom. The molecule has 10 heteroatoms. The lowest BCUT2D eigenvalue weighted by Crippen LogP contribution is -2.18. The minimum atomic E-state index is -0.408. The number of nitriles is 1. The van der Waals surface area contributed by atoms with Gasteiger partial charge < -0.3 is 5.32 Å². The van der Waals surface area contributed by atoms with Gasteiger partial charge in [0.2, 0.25) is 11.1 Å². The van der Waals surface area contributed by atoms with E-state index < -0.39 is 5.82 Å². The van der Waals surface area contributed by atoms with Gasteiger partial charge in [-0.3, -0.25) is 9.36 Å². The highest BCUT2D eigenvalue weighted by molar-refractivity contribution is 7.99. The second-order valence-electron chi connectivity index (χ2n) is 7.30. The molecule has 0 fully saturated rings. The molecule has 2 aromatic carbocycles. The maximum absolute atomic E-state index is 13.8. The van der Waals surface area contributed by atoms with Crippen molar-refractivity contribution in [1.82, 2.24) is 24.8 Å². The molecule has 0 unspecified atom stereocenters. The maximum Gasteiger partial charge on any atom is 0.236 e. The standard InChI is InChI=1S/C23H20FN7OS/c1-15-16(2)31(19-10-6-9-18(24)11-19)22(20(15)12-25)26-21(32)14-33-23-27-28-29-30(23)13-17-7-4-3-5-8-17/h3-11H,13-14H2,1-2H3,(H,26,32). The van der Waals surface area contributed by atoms with Crippen LogP contribution in [0.4, 0.5) is 10.2 Å². The summed E-state index contributed by atoms with van der Waals surface area (Å²) in [4.78, 5) is 12.8. The van der Waals surface area contributed by atoms with Crippen LogP contribution in [0, 0.1) is 31.0 Å². The van der Waals surface area contributed by atoms with Crippen molar-refractivity contribution in [2.45, 2.75) is 25.5 Å². The van der Waals surface area contributed by atoms with Gasteiger partial charge in [0.15, 0.2) is 0 Å². The van der Waals surface area contributed by atoms with Gasteiger partial charge in [0, 0.05) is 5.69 Å². The summed E-state index contributed by atoms with van der Waals surface area (Å²) in [5.41, 5.74) is 3.35. The van der Waals surface area contributed by atoms with E-state index in [2.05, 4.69) is 26.9 Å². The van der Waals surface area contributed by atoms with E-state index in [-0.39, 0.29) is 11.7 Å². The fraction of sp³-hybridized carbons (Fsp3) is 0.174. The molecule has 1 amide bonds. The van der Waals surface area contributed by atoms with Gasteiger partial charge in [0.25, 0.3) is 0 Å². The first-order valence-electron chi connectivity index (χ1n) is 10.1. The molecule has 2 aromatic heterocycles. The zero-order chi connectivity index (χ0) is 23.4. The first-order valence-corrected chi connectivity index (χ1v) is 11.1. The van der Waals surface area contributed by atoms with E-state index in [1.807, 2.05) is 37.3 Å². The molecule has 33 heavy (non-hydrogen) atoms. The van der Waals surface area contributed by atoms with Crippen molar-refractivity contribution in [3.63, 3.8) is 0 Å². The van der Waals surface area contributed by atoms with Gasteiger partial charge in [-0.25, -0.2) is 9.07 Å². The first-order chi connectivity index (χ1) is 16.0. The lowest BCUT2D eigenvalue weighted by molar-refractivity contribution is -0.113. The Hall–Kier alpha value is -3.97. The number of anilines is 1. The van der Waals surface area contributed by atoms with Crippen LogP contribution in [0.5, 0.6) is 0 Å². The van der Waals surface area contributed by atoms with E-state index in [1.165, 1.54) is 23.9 Å². The smallest absolute Gasteiger partial charge is 0.236 e. The van der Waals surface area contributed by atoms with Gasteiger partial charge in [-0.05, 0) is 53.6 Å². The highest BCUT2D eigenvalue weighted by atomic mass is 32.2. The van der Waals surface area contributed by atoms with E-state index in [4.69, 9.17) is 0 Å². The highest BCUT2D eigenvalue weighted by Crippen LogP contribution is 2.30. The quantitative estimate of drug-likeness (QED) is 0.419. The number of nitrogens with one attached hydrogen (secondary N) is 1. The molecule has 8 nitrogen and oxygen atoms in total. The molecule has 2 heterocycles. The van der Waals surface area contributed by atoms with Gasteiger partial charge in [0.1, 0.15) is 17.7 Å². The summed E-state index contributed by atoms with van der Waals surface area (Å²) >= 11 is 1.19. The van der Waals surface area contributed by atoms with Crippen molar-refractivity contribution in [3.8, 4) is 11.8 Å². The molecule has 0 saturated heterocycles. The number of nitrogens with zero attached hydrogens (tertiary/aromatic N) is 6. The van der Waals surface area contributed by atoms with Crippen LogP contribution in [0.15, 0.2) is 59.8 Å². The molecule has 0 aliphatic heterocycles. The zero-order valence-corrected chi connectivity index (χ0v) is 18.8. The van der Waals surface area contributed by atoms with Crippen LogP contribution in [0.2, 0.25) is 0 Å². The number of carbonyl (C=O) groups excluding carboxylic acids is 1. The van der Waals surface area contributed by atoms with E-state index in [0.29, 0.717) is 28.8 Å². The number of carbonyl (C=O) groups is 1. The number of hydrogen-bond donors (Lipinski definition) is 1. The Kier molecular flexibility index (Phi) is 6.51. The van der Waals surface area contributed by atoms with E-state index >= 15 is 0 Å². The summed E-state index contributed by atoms with van der Waals surface area (Å²) in [7, 11) is 0. The highest BCUT2D eigenvalue weighted by Gasteiger charge is 2.21. The summed E-state index contributed by atoms with van der Waals surface area (Å²) < 4.78 is 17.2. The Morgan fingerprint density at radius 2 is 1.97 bits per heavy atom. The van der Waals surface area contributed by atoms with Crippen molar-refractivity contribution in [1.29, 1.82) is 5.26 Å². The predicted octanol–water partition coefficient (Wildman–Crippen LogP) is 3.87. The summed E-state index contributed by atoms with van der Waals surface area (Å²) in [5.74, 6) is -0.393. The molecule has 0 saturated carbocycles. The molecule has 166 valence electrons. The number of thioether (sulfide) groups is 1. The summed E-state index contributed by atoms with van der Waals surface area (Å²) in [5, 5.41) is 24.7. The van der Waals surface area contributed by atoms with E-state index in [9.17, 15) is 14.4 Å². The van der Waals surface area contributed by atoms with Gasteiger partial charge in [-0.2, -0.15) is 5.26 Å². The maximum atomic E-state index is 13.8. The minimum Gasteiger partial charge on any atom is -0.310 e. The van der Waals surface area contributed by atoms with Crippen LogP contribution in [0.25, 0.3) is 5.69 Å². The number of tetrazole rings is 1. The Balaban J connectivity index is 1.53. The molecule has 0 atom stereocenters. The first kappa shape index (κ1) is 22.2. The number of aromatic nitrogens is 5. The summed E-state index contributed by atoms with van der Waals surface area (Å²) in [6.07, 6.45) is 0. The molecule has 0 aliphatic rings. The Morgan fingerprint density at radius 3 is 2.70 bits per heavy atom. The van der Waals surface area contributed by atoms with Crippen molar-refractivity contribution in [2.75, 3.05) is 11.1 Å². The van der Waals surface area contributed by atoms with Crippen molar-refractivity contribution < 1.29 is 9.18 Å². The second-order valence-corrected chi connectivity index (χ2v) is 8.25. The molecular formula is C23H20FN7OS. The van der Waals surface area contributed by atoms with Crippen molar-refractivity contribution in [3.05, 3.63) is 82.8 Å². The topological polar surface area (TPSA) is 101 Å². The fourth-order valence-electron chi connectivity index (χ4n) is 3.45. The largest absolute Gasteiger partial charge is 0.310 e. The number of rotatable bonds is 7.